The van der Waals surface area contributed by atoms with Gasteiger partial charge in [0, 0.05) is 25.1 Å². The lowest BCUT2D eigenvalue weighted by Crippen LogP contribution is -2.31. The number of fused-ring (bicyclic) bond motifs is 1. The molecular formula is C14H16N2O5. The molecule has 1 heterocycles. The van der Waals surface area contributed by atoms with E-state index < -0.39 is 16.9 Å². The zero-order chi connectivity index (χ0) is 15.1. The number of hydrogen-bond acceptors (Lipinski definition) is 5. The van der Waals surface area contributed by atoms with E-state index in [1.54, 1.807) is 4.90 Å². The average Bonchev–Trinajstić information content (AvgIpc) is 3.00. The standard InChI is InChI=1S/C14H16N2O5/c17-9-2-3-12(16(20)21)10(5-9)14(19)15-6-8-1-4-13(18)11(8)7-15/h2-3,5,8,11,13,17-18H,1,4,6-7H2. The first kappa shape index (κ1) is 13.8. The Morgan fingerprint density at radius 3 is 2.76 bits per heavy atom. The second kappa shape index (κ2) is 5.00. The Balaban J connectivity index is 1.86. The zero-order valence-electron chi connectivity index (χ0n) is 11.3. The number of carbonyl (C=O) groups is 1. The first-order valence-electron chi connectivity index (χ1n) is 6.92. The summed E-state index contributed by atoms with van der Waals surface area (Å²) in [6, 6.07) is 3.46. The minimum atomic E-state index is -0.627. The Bertz CT molecular complexity index is 603. The fourth-order valence-electron chi connectivity index (χ4n) is 3.43. The average molecular weight is 292 g/mol. The van der Waals surface area contributed by atoms with Crippen molar-refractivity contribution in [3.8, 4) is 5.75 Å². The molecule has 0 bridgehead atoms. The van der Waals surface area contributed by atoms with Gasteiger partial charge < -0.3 is 15.1 Å². The summed E-state index contributed by atoms with van der Waals surface area (Å²) in [5.41, 5.74) is -0.412. The van der Waals surface area contributed by atoms with Gasteiger partial charge in [-0.1, -0.05) is 0 Å². The van der Waals surface area contributed by atoms with Gasteiger partial charge in [0.1, 0.15) is 11.3 Å². The summed E-state index contributed by atoms with van der Waals surface area (Å²) in [5.74, 6) is -0.312. The molecule has 21 heavy (non-hydrogen) atoms. The molecule has 0 aromatic heterocycles. The van der Waals surface area contributed by atoms with Gasteiger partial charge in [-0.05, 0) is 30.9 Å². The van der Waals surface area contributed by atoms with Gasteiger partial charge in [0.05, 0.1) is 11.0 Å². The van der Waals surface area contributed by atoms with E-state index in [-0.39, 0.29) is 28.8 Å². The predicted octanol–water partition coefficient (Wildman–Crippen LogP) is 1.14. The predicted molar refractivity (Wildman–Crippen MR) is 72.9 cm³/mol. The maximum atomic E-state index is 12.5. The van der Waals surface area contributed by atoms with E-state index in [0.717, 1.165) is 25.0 Å². The number of rotatable bonds is 2. The number of amides is 1. The van der Waals surface area contributed by atoms with E-state index in [1.165, 1.54) is 6.07 Å². The SMILES string of the molecule is O=C(c1cc(O)ccc1[N+](=O)[O-])N1CC2CCC(O)C2C1. The maximum Gasteiger partial charge on any atom is 0.282 e. The molecule has 1 aliphatic carbocycles. The monoisotopic (exact) mass is 292 g/mol. The third-order valence-corrected chi connectivity index (χ3v) is 4.51. The Hall–Kier alpha value is -2.15. The third kappa shape index (κ3) is 2.33. The summed E-state index contributed by atoms with van der Waals surface area (Å²) in [6.07, 6.45) is 1.23. The van der Waals surface area contributed by atoms with Crippen molar-refractivity contribution in [1.82, 2.24) is 4.90 Å². The molecule has 3 unspecified atom stereocenters. The number of likely N-dealkylation sites (tertiary alicyclic amines) is 1. The van der Waals surface area contributed by atoms with E-state index in [9.17, 15) is 25.1 Å². The van der Waals surface area contributed by atoms with Gasteiger partial charge in [-0.3, -0.25) is 14.9 Å². The first-order valence-corrected chi connectivity index (χ1v) is 6.92. The second-order valence-corrected chi connectivity index (χ2v) is 5.74. The summed E-state index contributed by atoms with van der Waals surface area (Å²) >= 11 is 0. The van der Waals surface area contributed by atoms with Crippen molar-refractivity contribution in [2.75, 3.05) is 13.1 Å². The highest BCUT2D eigenvalue weighted by molar-refractivity contribution is 5.98. The fraction of sp³-hybridized carbons (Fsp3) is 0.500. The van der Waals surface area contributed by atoms with Crippen molar-refractivity contribution in [1.29, 1.82) is 0 Å². The molecule has 1 saturated carbocycles. The number of nitro benzene ring substituents is 1. The van der Waals surface area contributed by atoms with Crippen LogP contribution in [0.15, 0.2) is 18.2 Å². The van der Waals surface area contributed by atoms with E-state index in [2.05, 4.69) is 0 Å². The summed E-state index contributed by atoms with van der Waals surface area (Å²) in [6.45, 7) is 0.921. The van der Waals surface area contributed by atoms with E-state index in [4.69, 9.17) is 0 Å². The van der Waals surface area contributed by atoms with Crippen LogP contribution in [0.3, 0.4) is 0 Å². The molecular weight excluding hydrogens is 276 g/mol. The van der Waals surface area contributed by atoms with Crippen LogP contribution in [-0.4, -0.2) is 45.1 Å². The Kier molecular flexibility index (Phi) is 3.29. The lowest BCUT2D eigenvalue weighted by molar-refractivity contribution is -0.385. The number of benzene rings is 1. The molecule has 1 amide bonds. The highest BCUT2D eigenvalue weighted by atomic mass is 16.6. The molecule has 3 rings (SSSR count). The van der Waals surface area contributed by atoms with Crippen molar-refractivity contribution in [2.45, 2.75) is 18.9 Å². The largest absolute Gasteiger partial charge is 0.508 e. The fourth-order valence-corrected chi connectivity index (χ4v) is 3.43. The molecule has 7 heteroatoms. The minimum Gasteiger partial charge on any atom is -0.508 e. The van der Waals surface area contributed by atoms with Crippen LogP contribution < -0.4 is 0 Å². The quantitative estimate of drug-likeness (QED) is 0.628. The van der Waals surface area contributed by atoms with Gasteiger partial charge >= 0.3 is 0 Å². The number of hydrogen-bond donors (Lipinski definition) is 2. The normalized spacial score (nSPS) is 27.7. The molecule has 2 aliphatic rings. The van der Waals surface area contributed by atoms with Gasteiger partial charge in [0.15, 0.2) is 0 Å². The highest BCUT2D eigenvalue weighted by Crippen LogP contribution is 2.39. The molecule has 1 saturated heterocycles. The maximum absolute atomic E-state index is 12.5. The number of aliphatic hydroxyl groups is 1. The lowest BCUT2D eigenvalue weighted by atomic mass is 10.00. The van der Waals surface area contributed by atoms with Gasteiger partial charge in [-0.2, -0.15) is 0 Å². The number of carbonyl (C=O) groups excluding carboxylic acids is 1. The lowest BCUT2D eigenvalue weighted by Gasteiger charge is -2.18. The van der Waals surface area contributed by atoms with Crippen LogP contribution in [0, 0.1) is 22.0 Å². The molecule has 0 radical (unpaired) electrons. The van der Waals surface area contributed by atoms with E-state index >= 15 is 0 Å². The van der Waals surface area contributed by atoms with E-state index in [0.29, 0.717) is 13.1 Å². The Morgan fingerprint density at radius 2 is 2.10 bits per heavy atom. The smallest absolute Gasteiger partial charge is 0.282 e. The number of aliphatic hydroxyl groups excluding tert-OH is 1. The molecule has 2 N–H and O–H groups in total. The topological polar surface area (TPSA) is 104 Å². The molecule has 1 aromatic carbocycles. The van der Waals surface area contributed by atoms with Crippen molar-refractivity contribution < 1.29 is 19.9 Å². The van der Waals surface area contributed by atoms with Crippen LogP contribution in [0.1, 0.15) is 23.2 Å². The van der Waals surface area contributed by atoms with Gasteiger partial charge in [0.25, 0.3) is 11.6 Å². The third-order valence-electron chi connectivity index (χ3n) is 4.51. The molecule has 7 nitrogen and oxygen atoms in total. The summed E-state index contributed by atoms with van der Waals surface area (Å²) < 4.78 is 0. The summed E-state index contributed by atoms with van der Waals surface area (Å²) in [4.78, 5) is 24.4. The molecule has 2 fully saturated rings. The Morgan fingerprint density at radius 1 is 1.33 bits per heavy atom. The summed E-state index contributed by atoms with van der Waals surface area (Å²) in [5, 5.41) is 30.4. The van der Waals surface area contributed by atoms with Crippen molar-refractivity contribution in [3.05, 3.63) is 33.9 Å². The van der Waals surface area contributed by atoms with Gasteiger partial charge in [-0.15, -0.1) is 0 Å². The van der Waals surface area contributed by atoms with Crippen LogP contribution in [0.4, 0.5) is 5.69 Å². The van der Waals surface area contributed by atoms with Crippen LogP contribution in [0.25, 0.3) is 0 Å². The molecule has 112 valence electrons. The van der Waals surface area contributed by atoms with Crippen LogP contribution in [0.2, 0.25) is 0 Å². The highest BCUT2D eigenvalue weighted by Gasteiger charge is 2.44. The van der Waals surface area contributed by atoms with Crippen molar-refractivity contribution in [3.63, 3.8) is 0 Å². The molecule has 0 spiro atoms. The number of aromatic hydroxyl groups is 1. The zero-order valence-corrected chi connectivity index (χ0v) is 11.3. The van der Waals surface area contributed by atoms with Gasteiger partial charge in [0.2, 0.25) is 0 Å². The minimum absolute atomic E-state index is 0.0605. The Labute approximate surface area is 121 Å². The van der Waals surface area contributed by atoms with Crippen molar-refractivity contribution in [2.24, 2.45) is 11.8 Å². The number of phenolic OH excluding ortho intramolecular Hbond substituents is 1. The first-order chi connectivity index (χ1) is 9.97. The van der Waals surface area contributed by atoms with Gasteiger partial charge in [-0.25, -0.2) is 0 Å². The molecule has 3 atom stereocenters. The van der Waals surface area contributed by atoms with Crippen LogP contribution >= 0.6 is 0 Å². The van der Waals surface area contributed by atoms with Crippen LogP contribution in [-0.2, 0) is 0 Å². The number of nitrogens with zero attached hydrogens (tertiary/aromatic N) is 2. The molecule has 1 aliphatic heterocycles. The second-order valence-electron chi connectivity index (χ2n) is 5.74. The summed E-state index contributed by atoms with van der Waals surface area (Å²) in [7, 11) is 0. The van der Waals surface area contributed by atoms with E-state index in [1.807, 2.05) is 0 Å². The molecule has 1 aromatic rings. The van der Waals surface area contributed by atoms with Crippen LogP contribution in [0.5, 0.6) is 5.75 Å². The number of nitro groups is 1. The van der Waals surface area contributed by atoms with Crippen molar-refractivity contribution >= 4 is 11.6 Å². The number of phenols is 1.